The van der Waals surface area contributed by atoms with Crippen molar-refractivity contribution in [3.05, 3.63) is 13.3 Å². The standard InChI is InChI=1S/C14H32P2.2CO.Rh/c1-11(2)15(12(3)4)9-10-16(13(5)6)14(7)8;2*1-2;/h11-14H,9-10H2,1-8H3;;;. The summed E-state index contributed by atoms with van der Waals surface area (Å²) in [4.78, 5) is 0. The topological polar surface area (TPSA) is 39.8 Å². The van der Waals surface area contributed by atoms with Gasteiger partial charge in [0, 0.05) is 19.5 Å². The Labute approximate surface area is 148 Å². The Kier molecular flexibility index (Phi) is 27.1. The van der Waals surface area contributed by atoms with Gasteiger partial charge in [-0.05, 0) is 35.0 Å². The van der Waals surface area contributed by atoms with Crippen molar-refractivity contribution >= 4 is 15.8 Å². The molecule has 0 aliphatic carbocycles. The summed E-state index contributed by atoms with van der Waals surface area (Å²) in [6.45, 7) is 28.3. The van der Waals surface area contributed by atoms with Crippen LogP contribution in [0.15, 0.2) is 0 Å². The van der Waals surface area contributed by atoms with Gasteiger partial charge in [-0.2, -0.15) is 0 Å². The first-order valence-electron chi connectivity index (χ1n) is 7.19. The van der Waals surface area contributed by atoms with Crippen molar-refractivity contribution in [2.24, 2.45) is 0 Å². The first kappa shape index (κ1) is 29.9. The van der Waals surface area contributed by atoms with Crippen molar-refractivity contribution in [2.45, 2.75) is 78.0 Å². The predicted octanol–water partition coefficient (Wildman–Crippen LogP) is 5.51. The SMILES string of the molecule is CC(C)P(CCP(C(C)C)C(C)C)C(C)C.[C-]#[O+].[C-]#[O+].[Rh]. The summed E-state index contributed by atoms with van der Waals surface area (Å²) in [5, 5.41) is 0. The van der Waals surface area contributed by atoms with E-state index in [0.29, 0.717) is 0 Å². The summed E-state index contributed by atoms with van der Waals surface area (Å²) in [6, 6.07) is 0. The van der Waals surface area contributed by atoms with Crippen molar-refractivity contribution in [2.75, 3.05) is 12.3 Å². The number of hydrogen-bond donors (Lipinski definition) is 0. The zero-order valence-corrected chi connectivity index (χ0v) is 18.2. The molecule has 0 aromatic carbocycles. The zero-order valence-electron chi connectivity index (χ0n) is 14.8. The van der Waals surface area contributed by atoms with Crippen LogP contribution in [0.4, 0.5) is 0 Å². The summed E-state index contributed by atoms with van der Waals surface area (Å²) in [5.74, 6) is 0. The normalized spacial score (nSPS) is 10.2. The first-order chi connectivity index (χ1) is 9.27. The van der Waals surface area contributed by atoms with Crippen LogP contribution in [0.5, 0.6) is 0 Å². The Morgan fingerprint density at radius 2 is 0.714 bits per heavy atom. The molecule has 0 bridgehead atoms. The van der Waals surface area contributed by atoms with Crippen molar-refractivity contribution in [1.29, 1.82) is 0 Å². The summed E-state index contributed by atoms with van der Waals surface area (Å²) in [7, 11) is 0.511. The van der Waals surface area contributed by atoms with Crippen LogP contribution in [0.25, 0.3) is 0 Å². The van der Waals surface area contributed by atoms with Gasteiger partial charge in [0.25, 0.3) is 0 Å². The Morgan fingerprint density at radius 3 is 0.810 bits per heavy atom. The molecule has 0 aliphatic rings. The minimum Gasteiger partial charge on any atom is 0 e. The predicted molar refractivity (Wildman–Crippen MR) is 92.0 cm³/mol. The second-order valence-corrected chi connectivity index (χ2v) is 12.9. The largest absolute Gasteiger partial charge is 0 e. The third-order valence-electron chi connectivity index (χ3n) is 3.27. The van der Waals surface area contributed by atoms with E-state index in [9.17, 15) is 0 Å². The van der Waals surface area contributed by atoms with Gasteiger partial charge in [-0.1, -0.05) is 55.4 Å². The Hall–Kier alpha value is 0.963. The second-order valence-electron chi connectivity index (χ2n) is 5.85. The van der Waals surface area contributed by atoms with Gasteiger partial charge < -0.3 is 0 Å². The molecule has 0 atom stereocenters. The monoisotopic (exact) mass is 421 g/mol. The molecular weight excluding hydrogens is 389 g/mol. The Balaban J connectivity index is -0.000000264. The van der Waals surface area contributed by atoms with Crippen LogP contribution in [0, 0.1) is 13.3 Å². The number of hydrogen-bond acceptors (Lipinski definition) is 0. The molecule has 0 amide bonds. The maximum atomic E-state index is 7.50. The van der Waals surface area contributed by atoms with Crippen molar-refractivity contribution in [3.63, 3.8) is 0 Å². The van der Waals surface area contributed by atoms with Crippen LogP contribution in [0.3, 0.4) is 0 Å². The zero-order chi connectivity index (χ0) is 16.9. The van der Waals surface area contributed by atoms with E-state index >= 15 is 0 Å². The van der Waals surface area contributed by atoms with Crippen LogP contribution in [-0.4, -0.2) is 35.0 Å². The molecule has 0 unspecified atom stereocenters. The van der Waals surface area contributed by atoms with E-state index in [2.05, 4.69) is 68.7 Å². The van der Waals surface area contributed by atoms with Gasteiger partial charge in [0.05, 0.1) is 0 Å². The van der Waals surface area contributed by atoms with Gasteiger partial charge in [-0.25, -0.2) is 0 Å². The molecule has 2 nitrogen and oxygen atoms in total. The van der Waals surface area contributed by atoms with Gasteiger partial charge in [0.1, 0.15) is 0 Å². The van der Waals surface area contributed by atoms with E-state index in [4.69, 9.17) is 9.30 Å². The summed E-state index contributed by atoms with van der Waals surface area (Å²) >= 11 is 0. The summed E-state index contributed by atoms with van der Waals surface area (Å²) in [5.41, 5.74) is 3.63. The molecule has 0 aliphatic heterocycles. The van der Waals surface area contributed by atoms with E-state index in [1.807, 2.05) is 0 Å². The molecule has 0 N–H and O–H groups in total. The molecule has 5 heteroatoms. The van der Waals surface area contributed by atoms with Gasteiger partial charge >= 0.3 is 22.6 Å². The fraction of sp³-hybridized carbons (Fsp3) is 0.875. The van der Waals surface area contributed by atoms with E-state index in [1.165, 1.54) is 12.3 Å². The van der Waals surface area contributed by atoms with E-state index < -0.39 is 0 Å². The molecule has 0 heterocycles. The van der Waals surface area contributed by atoms with Crippen molar-refractivity contribution in [1.82, 2.24) is 0 Å². The molecule has 0 saturated heterocycles. The summed E-state index contributed by atoms with van der Waals surface area (Å²) < 4.78 is 15.0. The third-order valence-corrected chi connectivity index (χ3v) is 10.4. The molecule has 0 spiro atoms. The summed E-state index contributed by atoms with van der Waals surface area (Å²) in [6.07, 6.45) is 3.01. The second kappa shape index (κ2) is 19.0. The average Bonchev–Trinajstić information content (AvgIpc) is 2.37. The molecule has 0 saturated carbocycles. The molecular formula is C16H32O2P2Rh. The van der Waals surface area contributed by atoms with E-state index in [0.717, 1.165) is 22.6 Å². The maximum absolute atomic E-state index is 7.50. The molecule has 0 fully saturated rings. The van der Waals surface area contributed by atoms with Crippen molar-refractivity contribution in [3.8, 4) is 0 Å². The molecule has 21 heavy (non-hydrogen) atoms. The quantitative estimate of drug-likeness (QED) is 0.225. The first-order valence-corrected chi connectivity index (χ1v) is 10.5. The third kappa shape index (κ3) is 15.6. The minimum atomic E-state index is 0. The van der Waals surface area contributed by atoms with Crippen LogP contribution in [-0.2, 0) is 28.8 Å². The molecule has 0 rings (SSSR count). The van der Waals surface area contributed by atoms with Crippen LogP contribution in [0.2, 0.25) is 0 Å². The molecule has 0 aromatic heterocycles. The minimum absolute atomic E-state index is 0. The van der Waals surface area contributed by atoms with Gasteiger partial charge in [0.15, 0.2) is 0 Å². The molecule has 0 aromatic rings. The molecule has 1 radical (unpaired) electrons. The van der Waals surface area contributed by atoms with Crippen LogP contribution in [0.1, 0.15) is 55.4 Å². The van der Waals surface area contributed by atoms with Crippen molar-refractivity contribution < 1.29 is 28.8 Å². The van der Waals surface area contributed by atoms with Gasteiger partial charge in [-0.3, -0.25) is 0 Å². The smallest absolute Gasteiger partial charge is 0 e. The fourth-order valence-corrected chi connectivity index (χ4v) is 8.75. The maximum Gasteiger partial charge on any atom is 0 e. The molecule has 127 valence electrons. The van der Waals surface area contributed by atoms with Gasteiger partial charge in [-0.15, -0.1) is 15.8 Å². The van der Waals surface area contributed by atoms with E-state index in [-0.39, 0.29) is 35.3 Å². The Morgan fingerprint density at radius 1 is 0.571 bits per heavy atom. The van der Waals surface area contributed by atoms with E-state index in [1.54, 1.807) is 0 Å². The Bertz CT molecular complexity index is 209. The fourth-order valence-electron chi connectivity index (χ4n) is 2.46. The van der Waals surface area contributed by atoms with Gasteiger partial charge in [0.2, 0.25) is 0 Å². The average molecular weight is 421 g/mol. The van der Waals surface area contributed by atoms with Crippen LogP contribution < -0.4 is 0 Å². The van der Waals surface area contributed by atoms with Crippen LogP contribution >= 0.6 is 15.8 Å². The number of rotatable bonds is 7.